The molecule has 1 N–H and O–H groups in total. The Morgan fingerprint density at radius 2 is 2.22 bits per heavy atom. The molecule has 18 heavy (non-hydrogen) atoms. The Kier molecular flexibility index (Phi) is 3.57. The first kappa shape index (κ1) is 12.5. The van der Waals surface area contributed by atoms with E-state index in [-0.39, 0.29) is 12.5 Å². The molecule has 96 valence electrons. The Hall–Kier alpha value is -1.95. The summed E-state index contributed by atoms with van der Waals surface area (Å²) in [4.78, 5) is 28.4. The molecule has 6 nitrogen and oxygen atoms in total. The first-order chi connectivity index (χ1) is 8.65. The molecule has 1 aromatic heterocycles. The third kappa shape index (κ3) is 2.19. The molecule has 0 saturated carbocycles. The smallest absolute Gasteiger partial charge is 0.335 e. The lowest BCUT2D eigenvalue weighted by Crippen LogP contribution is -2.51. The maximum absolute atomic E-state index is 11.8. The van der Waals surface area contributed by atoms with E-state index in [1.807, 2.05) is 6.92 Å². The molecule has 0 spiro atoms. The van der Waals surface area contributed by atoms with Crippen LogP contribution in [0.2, 0.25) is 0 Å². The second-order valence-corrected chi connectivity index (χ2v) is 3.97. The number of aliphatic carboxylic acids is 1. The monoisotopic (exact) mass is 250 g/mol. The summed E-state index contributed by atoms with van der Waals surface area (Å²) in [6, 6.07) is 2.80. The summed E-state index contributed by atoms with van der Waals surface area (Å²) < 4.78 is 5.14. The van der Waals surface area contributed by atoms with Crippen molar-refractivity contribution in [3.63, 3.8) is 0 Å². The molecule has 2 heterocycles. The van der Waals surface area contributed by atoms with Gasteiger partial charge in [-0.2, -0.15) is 0 Å². The first-order valence-electron chi connectivity index (χ1n) is 5.69. The zero-order chi connectivity index (χ0) is 13.1. The fourth-order valence-electron chi connectivity index (χ4n) is 2.15. The largest absolute Gasteiger partial charge is 0.479 e. The molecule has 1 fully saturated rings. The van der Waals surface area contributed by atoms with E-state index in [0.717, 1.165) is 0 Å². The van der Waals surface area contributed by atoms with E-state index in [1.54, 1.807) is 24.5 Å². The van der Waals surface area contributed by atoms with Crippen LogP contribution in [0.3, 0.4) is 0 Å². The Bertz CT molecular complexity index is 447. The van der Waals surface area contributed by atoms with Gasteiger partial charge in [0.2, 0.25) is 5.91 Å². The van der Waals surface area contributed by atoms with E-state index >= 15 is 0 Å². The quantitative estimate of drug-likeness (QED) is 0.842. The Labute approximate surface area is 104 Å². The predicted molar refractivity (Wildman–Crippen MR) is 61.7 cm³/mol. The number of hydrogen-bond donors (Lipinski definition) is 1. The molecule has 1 aliphatic heterocycles. The minimum absolute atomic E-state index is 0.188. The average molecular weight is 250 g/mol. The van der Waals surface area contributed by atoms with Crippen LogP contribution in [0.15, 0.2) is 24.5 Å². The number of carbonyl (C=O) groups excluding carboxylic acids is 1. The highest BCUT2D eigenvalue weighted by molar-refractivity contribution is 5.82. The lowest BCUT2D eigenvalue weighted by molar-refractivity contribution is -0.172. The van der Waals surface area contributed by atoms with Crippen molar-refractivity contribution < 1.29 is 19.4 Å². The zero-order valence-electron chi connectivity index (χ0n) is 9.94. The number of morpholine rings is 1. The van der Waals surface area contributed by atoms with Crippen molar-refractivity contribution >= 4 is 11.9 Å². The van der Waals surface area contributed by atoms with Gasteiger partial charge in [0, 0.05) is 18.9 Å². The van der Waals surface area contributed by atoms with Crippen LogP contribution in [-0.4, -0.2) is 46.1 Å². The fourth-order valence-corrected chi connectivity index (χ4v) is 2.15. The lowest BCUT2D eigenvalue weighted by atomic mass is 9.99. The van der Waals surface area contributed by atoms with Crippen molar-refractivity contribution in [3.05, 3.63) is 30.1 Å². The summed E-state index contributed by atoms with van der Waals surface area (Å²) in [7, 11) is 0. The Morgan fingerprint density at radius 1 is 1.56 bits per heavy atom. The van der Waals surface area contributed by atoms with Gasteiger partial charge in [0.25, 0.3) is 0 Å². The SMILES string of the molecule is CCN1C(=O)COC(C(=O)O)C1c1ccncc1. The molecule has 2 atom stereocenters. The number of rotatable bonds is 3. The van der Waals surface area contributed by atoms with Crippen molar-refractivity contribution in [2.24, 2.45) is 0 Å². The van der Waals surface area contributed by atoms with Gasteiger partial charge in [-0.25, -0.2) is 4.79 Å². The van der Waals surface area contributed by atoms with Gasteiger partial charge in [0.15, 0.2) is 6.10 Å². The zero-order valence-corrected chi connectivity index (χ0v) is 9.94. The maximum atomic E-state index is 11.8. The highest BCUT2D eigenvalue weighted by Crippen LogP contribution is 2.29. The van der Waals surface area contributed by atoms with Crippen molar-refractivity contribution in [2.75, 3.05) is 13.2 Å². The number of pyridine rings is 1. The van der Waals surface area contributed by atoms with Crippen LogP contribution in [0.25, 0.3) is 0 Å². The Balaban J connectivity index is 2.40. The molecule has 1 saturated heterocycles. The summed E-state index contributed by atoms with van der Waals surface area (Å²) in [5.74, 6) is -1.26. The van der Waals surface area contributed by atoms with Crippen LogP contribution in [-0.2, 0) is 14.3 Å². The topological polar surface area (TPSA) is 79.7 Å². The Morgan fingerprint density at radius 3 is 2.78 bits per heavy atom. The van der Waals surface area contributed by atoms with Gasteiger partial charge in [-0.1, -0.05) is 0 Å². The van der Waals surface area contributed by atoms with Gasteiger partial charge in [0.05, 0.1) is 6.04 Å². The van der Waals surface area contributed by atoms with E-state index in [1.165, 1.54) is 4.90 Å². The van der Waals surface area contributed by atoms with Gasteiger partial charge in [-0.3, -0.25) is 9.78 Å². The van der Waals surface area contributed by atoms with E-state index in [2.05, 4.69) is 4.98 Å². The van der Waals surface area contributed by atoms with Crippen molar-refractivity contribution in [1.29, 1.82) is 0 Å². The summed E-state index contributed by atoms with van der Waals surface area (Å²) in [5, 5.41) is 9.19. The summed E-state index contributed by atoms with van der Waals surface area (Å²) in [6.07, 6.45) is 2.10. The predicted octanol–water partition coefficient (Wildman–Crippen LogP) is 0.455. The van der Waals surface area contributed by atoms with Crippen LogP contribution in [0, 0.1) is 0 Å². The molecular formula is C12H14N2O4. The van der Waals surface area contributed by atoms with Gasteiger partial charge in [-0.05, 0) is 24.6 Å². The molecule has 1 aliphatic rings. The fraction of sp³-hybridized carbons (Fsp3) is 0.417. The molecule has 0 radical (unpaired) electrons. The van der Waals surface area contributed by atoms with Crippen molar-refractivity contribution in [3.8, 4) is 0 Å². The number of nitrogens with zero attached hydrogens (tertiary/aromatic N) is 2. The van der Waals surface area contributed by atoms with Crippen molar-refractivity contribution in [2.45, 2.75) is 19.1 Å². The third-order valence-electron chi connectivity index (χ3n) is 2.96. The highest BCUT2D eigenvalue weighted by Gasteiger charge is 2.41. The normalized spacial score (nSPS) is 24.1. The maximum Gasteiger partial charge on any atom is 0.335 e. The molecule has 0 aliphatic carbocycles. The number of carboxylic acids is 1. The number of aromatic nitrogens is 1. The molecule has 0 aromatic carbocycles. The molecule has 6 heteroatoms. The second-order valence-electron chi connectivity index (χ2n) is 3.97. The van der Waals surface area contributed by atoms with Crippen LogP contribution in [0.1, 0.15) is 18.5 Å². The average Bonchev–Trinajstić information content (AvgIpc) is 2.39. The number of ether oxygens (including phenoxy) is 1. The molecule has 2 rings (SSSR count). The van der Waals surface area contributed by atoms with E-state index < -0.39 is 18.1 Å². The molecular weight excluding hydrogens is 236 g/mol. The van der Waals surface area contributed by atoms with E-state index in [4.69, 9.17) is 4.74 Å². The van der Waals surface area contributed by atoms with Crippen LogP contribution in [0.4, 0.5) is 0 Å². The highest BCUT2D eigenvalue weighted by atomic mass is 16.5. The number of amides is 1. The standard InChI is InChI=1S/C12H14N2O4/c1-2-14-9(15)7-18-11(12(16)17)10(14)8-3-5-13-6-4-8/h3-6,10-11H,2,7H2,1H3,(H,16,17). The summed E-state index contributed by atoms with van der Waals surface area (Å²) in [6.45, 7) is 2.07. The van der Waals surface area contributed by atoms with Gasteiger partial charge in [0.1, 0.15) is 6.61 Å². The molecule has 0 bridgehead atoms. The van der Waals surface area contributed by atoms with E-state index in [9.17, 15) is 14.7 Å². The van der Waals surface area contributed by atoms with Crippen LogP contribution in [0.5, 0.6) is 0 Å². The minimum Gasteiger partial charge on any atom is -0.479 e. The number of hydrogen-bond acceptors (Lipinski definition) is 4. The summed E-state index contributed by atoms with van der Waals surface area (Å²) in [5.41, 5.74) is 0.715. The minimum atomic E-state index is -1.07. The lowest BCUT2D eigenvalue weighted by Gasteiger charge is -2.38. The van der Waals surface area contributed by atoms with Gasteiger partial charge >= 0.3 is 5.97 Å². The summed E-state index contributed by atoms with van der Waals surface area (Å²) >= 11 is 0. The van der Waals surface area contributed by atoms with Crippen LogP contribution < -0.4 is 0 Å². The van der Waals surface area contributed by atoms with Crippen molar-refractivity contribution in [1.82, 2.24) is 9.88 Å². The van der Waals surface area contributed by atoms with E-state index in [0.29, 0.717) is 12.1 Å². The molecule has 1 aromatic rings. The van der Waals surface area contributed by atoms with Crippen LogP contribution >= 0.6 is 0 Å². The molecule has 2 unspecified atom stereocenters. The number of carbonyl (C=O) groups is 2. The van der Waals surface area contributed by atoms with Gasteiger partial charge in [-0.15, -0.1) is 0 Å². The number of carboxylic acid groups (broad SMARTS) is 1. The third-order valence-corrected chi connectivity index (χ3v) is 2.96. The van der Waals surface area contributed by atoms with Gasteiger partial charge < -0.3 is 14.7 Å². The molecule has 1 amide bonds. The second kappa shape index (κ2) is 5.14. The first-order valence-corrected chi connectivity index (χ1v) is 5.69. The number of likely N-dealkylation sites (N-methyl/N-ethyl adjacent to an activating group) is 1.